The number of benzene rings is 3. The zero-order valence-corrected chi connectivity index (χ0v) is 20.4. The molecule has 0 aliphatic heterocycles. The van der Waals surface area contributed by atoms with Crippen molar-refractivity contribution in [2.75, 3.05) is 16.7 Å². The molecule has 0 bridgehead atoms. The number of nitrogens with zero attached hydrogens (tertiary/aromatic N) is 2. The average molecular weight is 528 g/mol. The molecule has 1 amide bonds. The molecule has 4 N–H and O–H groups in total. The second-order valence-corrected chi connectivity index (χ2v) is 10.0. The van der Waals surface area contributed by atoms with Gasteiger partial charge in [-0.15, -0.1) is 0 Å². The molecule has 3 aromatic carbocycles. The molecule has 9 nitrogen and oxygen atoms in total. The smallest absolute Gasteiger partial charge is 0.264 e. The average Bonchev–Trinajstić information content (AvgIpc) is 3.40. The summed E-state index contributed by atoms with van der Waals surface area (Å²) in [5, 5.41) is 6.17. The number of carbonyl (C=O) groups is 1. The number of nitrogens with two attached hydrogens (primary N) is 1. The highest BCUT2D eigenvalue weighted by molar-refractivity contribution is 7.92. The Hall–Kier alpha value is -4.16. The number of aromatic nitrogens is 2. The van der Waals surface area contributed by atoms with Gasteiger partial charge in [0.05, 0.1) is 4.90 Å². The van der Waals surface area contributed by atoms with E-state index in [0.29, 0.717) is 5.56 Å². The second-order valence-electron chi connectivity index (χ2n) is 8.34. The van der Waals surface area contributed by atoms with Gasteiger partial charge in [-0.25, -0.2) is 17.2 Å². The first kappa shape index (κ1) is 25.9. The number of hydrogen-bond donors (Lipinski definition) is 3. The minimum atomic E-state index is -3.95. The van der Waals surface area contributed by atoms with E-state index >= 15 is 0 Å². The van der Waals surface area contributed by atoms with Crippen LogP contribution in [0.1, 0.15) is 24.4 Å². The molecular formula is C25H23F2N5O4S. The van der Waals surface area contributed by atoms with Crippen LogP contribution in [0, 0.1) is 0 Å². The van der Waals surface area contributed by atoms with Crippen LogP contribution < -0.4 is 15.8 Å². The lowest BCUT2D eigenvalue weighted by Gasteiger charge is -2.16. The van der Waals surface area contributed by atoms with Crippen molar-refractivity contribution in [3.8, 4) is 11.4 Å². The normalized spacial score (nSPS) is 13.9. The molecule has 0 spiro atoms. The number of halogens is 2. The summed E-state index contributed by atoms with van der Waals surface area (Å²) in [6.07, 6.45) is 0. The number of anilines is 2. The van der Waals surface area contributed by atoms with Gasteiger partial charge < -0.3 is 15.6 Å². The van der Waals surface area contributed by atoms with Gasteiger partial charge in [0, 0.05) is 16.9 Å². The Labute approximate surface area is 211 Å². The second kappa shape index (κ2) is 10.4. The van der Waals surface area contributed by atoms with Crippen molar-refractivity contribution in [2.45, 2.75) is 23.5 Å². The molecule has 4 rings (SSSR count). The minimum Gasteiger partial charge on any atom is -0.337 e. The summed E-state index contributed by atoms with van der Waals surface area (Å²) in [7, 11) is -3.95. The molecule has 1 unspecified atom stereocenters. The SMILES string of the molecule is CC(F)(CF)C(=O)Nc1ccc(NS(=O)(=O)c2ccc(-c3noc([C@@H](N)c4ccccc4)n3)cc2)cc1. The van der Waals surface area contributed by atoms with Crippen LogP contribution in [-0.2, 0) is 14.8 Å². The molecular weight excluding hydrogens is 504 g/mol. The Bertz CT molecular complexity index is 1480. The third-order valence-electron chi connectivity index (χ3n) is 5.41. The van der Waals surface area contributed by atoms with Crippen molar-refractivity contribution >= 4 is 27.3 Å². The Kier molecular flexibility index (Phi) is 7.32. The molecule has 1 aromatic heterocycles. The van der Waals surface area contributed by atoms with Gasteiger partial charge in [0.25, 0.3) is 15.9 Å². The van der Waals surface area contributed by atoms with Gasteiger partial charge in [0.1, 0.15) is 12.7 Å². The number of amides is 1. The quantitative estimate of drug-likeness (QED) is 0.296. The van der Waals surface area contributed by atoms with Gasteiger partial charge in [-0.05, 0) is 61.0 Å². The largest absolute Gasteiger partial charge is 0.337 e. The Balaban J connectivity index is 1.43. The van der Waals surface area contributed by atoms with Gasteiger partial charge in [0.15, 0.2) is 0 Å². The minimum absolute atomic E-state index is 0.0190. The van der Waals surface area contributed by atoms with Crippen LogP contribution in [0.2, 0.25) is 0 Å². The first-order chi connectivity index (χ1) is 17.6. The third-order valence-corrected chi connectivity index (χ3v) is 6.81. The number of rotatable bonds is 9. The molecule has 12 heteroatoms. The van der Waals surface area contributed by atoms with E-state index in [0.717, 1.165) is 12.5 Å². The van der Waals surface area contributed by atoms with Gasteiger partial charge in [-0.1, -0.05) is 35.5 Å². The van der Waals surface area contributed by atoms with E-state index < -0.39 is 34.3 Å². The van der Waals surface area contributed by atoms with Crippen molar-refractivity contribution in [1.29, 1.82) is 0 Å². The van der Waals surface area contributed by atoms with E-state index in [-0.39, 0.29) is 28.0 Å². The number of alkyl halides is 2. The predicted octanol–water partition coefficient (Wildman–Crippen LogP) is 4.22. The fourth-order valence-electron chi connectivity index (χ4n) is 3.22. The highest BCUT2D eigenvalue weighted by Gasteiger charge is 2.33. The van der Waals surface area contributed by atoms with Crippen molar-refractivity contribution in [3.63, 3.8) is 0 Å². The lowest BCUT2D eigenvalue weighted by Crippen LogP contribution is -2.37. The molecule has 0 aliphatic rings. The molecule has 0 aliphatic carbocycles. The molecule has 1 heterocycles. The summed E-state index contributed by atoms with van der Waals surface area (Å²) in [6, 6.07) is 20.0. The summed E-state index contributed by atoms with van der Waals surface area (Å²) in [5.41, 5.74) is 5.24. The lowest BCUT2D eigenvalue weighted by molar-refractivity contribution is -0.127. The van der Waals surface area contributed by atoms with Crippen molar-refractivity contribution in [1.82, 2.24) is 10.1 Å². The van der Waals surface area contributed by atoms with Crippen molar-refractivity contribution in [2.24, 2.45) is 5.73 Å². The monoisotopic (exact) mass is 527 g/mol. The molecule has 0 saturated carbocycles. The van der Waals surface area contributed by atoms with Crippen molar-refractivity contribution in [3.05, 3.63) is 90.3 Å². The van der Waals surface area contributed by atoms with Gasteiger partial charge in [0.2, 0.25) is 17.4 Å². The summed E-state index contributed by atoms with van der Waals surface area (Å²) in [5.74, 6) is -0.660. The van der Waals surface area contributed by atoms with Crippen LogP contribution in [0.5, 0.6) is 0 Å². The Morgan fingerprint density at radius 2 is 1.65 bits per heavy atom. The fraction of sp³-hybridized carbons (Fsp3) is 0.160. The number of nitrogens with one attached hydrogen (secondary N) is 2. The maximum absolute atomic E-state index is 13.7. The van der Waals surface area contributed by atoms with Gasteiger partial charge >= 0.3 is 0 Å². The van der Waals surface area contributed by atoms with Crippen LogP contribution >= 0.6 is 0 Å². The van der Waals surface area contributed by atoms with Gasteiger partial charge in [-0.3, -0.25) is 9.52 Å². The summed E-state index contributed by atoms with van der Waals surface area (Å²) in [6.45, 7) is -0.641. The Morgan fingerprint density at radius 3 is 2.27 bits per heavy atom. The standard InChI is InChI=1S/C25H23F2N5O4S/c1-25(27,15-26)24(33)29-18-9-11-19(12-10-18)32-37(34,35)20-13-7-17(8-14-20)22-30-23(36-31-22)21(28)16-5-3-2-4-6-16/h2-14,21,32H,15,28H2,1H3,(H,29,33)/t21-,25?/m0/s1. The third kappa shape index (κ3) is 5.98. The molecule has 192 valence electrons. The molecule has 37 heavy (non-hydrogen) atoms. The lowest BCUT2D eigenvalue weighted by atomic mass is 10.1. The highest BCUT2D eigenvalue weighted by Crippen LogP contribution is 2.24. The van der Waals surface area contributed by atoms with Crippen LogP contribution in [0.25, 0.3) is 11.4 Å². The number of carbonyl (C=O) groups excluding carboxylic acids is 1. The van der Waals surface area contributed by atoms with E-state index in [9.17, 15) is 22.0 Å². The van der Waals surface area contributed by atoms with Gasteiger partial charge in [-0.2, -0.15) is 4.98 Å². The van der Waals surface area contributed by atoms with E-state index in [1.807, 2.05) is 30.3 Å². The first-order valence-corrected chi connectivity index (χ1v) is 12.5. The molecule has 4 aromatic rings. The first-order valence-electron chi connectivity index (χ1n) is 11.0. The van der Waals surface area contributed by atoms with Crippen molar-refractivity contribution < 1.29 is 26.5 Å². The predicted molar refractivity (Wildman–Crippen MR) is 134 cm³/mol. The van der Waals surface area contributed by atoms with Crippen LogP contribution in [0.15, 0.2) is 88.3 Å². The van der Waals surface area contributed by atoms with E-state index in [2.05, 4.69) is 20.2 Å². The zero-order valence-electron chi connectivity index (χ0n) is 19.6. The molecule has 0 saturated heterocycles. The zero-order chi connectivity index (χ0) is 26.6. The van der Waals surface area contributed by atoms with Crippen LogP contribution in [0.3, 0.4) is 0 Å². The fourth-order valence-corrected chi connectivity index (χ4v) is 4.28. The number of hydrogen-bond acceptors (Lipinski definition) is 7. The summed E-state index contributed by atoms with van der Waals surface area (Å²) in [4.78, 5) is 16.0. The van der Waals surface area contributed by atoms with Crippen LogP contribution in [0.4, 0.5) is 20.2 Å². The van der Waals surface area contributed by atoms with E-state index in [4.69, 9.17) is 10.3 Å². The van der Waals surface area contributed by atoms with E-state index in [1.54, 1.807) is 0 Å². The maximum Gasteiger partial charge on any atom is 0.264 e. The topological polar surface area (TPSA) is 140 Å². The van der Waals surface area contributed by atoms with Crippen LogP contribution in [-0.4, -0.2) is 36.8 Å². The number of sulfonamides is 1. The maximum atomic E-state index is 13.7. The molecule has 0 fully saturated rings. The molecule has 2 atom stereocenters. The molecule has 0 radical (unpaired) electrons. The Morgan fingerprint density at radius 1 is 1.03 bits per heavy atom. The highest BCUT2D eigenvalue weighted by atomic mass is 32.2. The summed E-state index contributed by atoms with van der Waals surface area (Å²) < 4.78 is 59.6. The van der Waals surface area contributed by atoms with E-state index in [1.165, 1.54) is 48.5 Å². The summed E-state index contributed by atoms with van der Waals surface area (Å²) >= 11 is 0.